The van der Waals surface area contributed by atoms with Crippen molar-refractivity contribution in [3.63, 3.8) is 0 Å². The van der Waals surface area contributed by atoms with Crippen molar-refractivity contribution in [1.29, 1.82) is 0 Å². The predicted molar refractivity (Wildman–Crippen MR) is 68.8 cm³/mol. The molecular weight excluding hydrogens is 293 g/mol. The van der Waals surface area contributed by atoms with Crippen molar-refractivity contribution in [2.45, 2.75) is 13.1 Å². The second-order valence-electron chi connectivity index (χ2n) is 0.781. The summed E-state index contributed by atoms with van der Waals surface area (Å²) in [6.07, 6.45) is 0. The average molecular weight is 307 g/mol. The molecule has 0 aliphatic heterocycles. The Hall–Kier alpha value is 2.17. The van der Waals surface area contributed by atoms with Crippen LogP contribution in [0.1, 0.15) is 1.43 Å². The Morgan fingerprint density at radius 2 is 1.00 bits per heavy atom. The Morgan fingerprint density at radius 3 is 1.00 bits per heavy atom. The van der Waals surface area contributed by atoms with Crippen LogP contribution in [0.3, 0.4) is 0 Å². The van der Waals surface area contributed by atoms with Crippen LogP contribution >= 0.6 is 70.5 Å². The first kappa shape index (κ1) is 29.5. The maximum Gasteiger partial charge on any atom is 0.338 e. The lowest BCUT2D eigenvalue weighted by molar-refractivity contribution is 2.31. The van der Waals surface area contributed by atoms with Crippen molar-refractivity contribution in [3.8, 4) is 0 Å². The van der Waals surface area contributed by atoms with Gasteiger partial charge in [0.1, 0.15) is 0 Å². The molecule has 72 valence electrons. The van der Waals surface area contributed by atoms with Gasteiger partial charge in [0.15, 0.2) is 0 Å². The van der Waals surface area contributed by atoms with Gasteiger partial charge in [-0.25, -0.2) is 0 Å². The lowest BCUT2D eigenvalue weighted by Gasteiger charge is -1.89. The molecule has 0 atom stereocenters. The largest absolute Gasteiger partial charge is 0.338 e. The third kappa shape index (κ3) is 181. The van der Waals surface area contributed by atoms with Crippen LogP contribution in [-0.4, -0.2) is 16.2 Å². The molecule has 0 aliphatic rings. The van der Waals surface area contributed by atoms with E-state index >= 15 is 0 Å². The van der Waals surface area contributed by atoms with Crippen LogP contribution in [0.5, 0.6) is 0 Å². The van der Waals surface area contributed by atoms with Gasteiger partial charge >= 0.3 is 6.00 Å². The standard InChI is InChI=1S/CH3Cl3Si.CH6Si.3ClH.H2/c1-5(2,3)4;1-2;;;;/h1H3;1-2H3;4*1H. The van der Waals surface area contributed by atoms with E-state index < -0.39 is 6.00 Å². The van der Waals surface area contributed by atoms with Gasteiger partial charge in [0, 0.05) is 1.43 Å². The van der Waals surface area contributed by atoms with E-state index in [9.17, 15) is 0 Å². The number of hydrogen-bond acceptors (Lipinski definition) is 0. The Balaban J connectivity index is -0.00000000972. The minimum absolute atomic E-state index is 0. The zero-order valence-electron chi connectivity index (χ0n) is 5.86. The van der Waals surface area contributed by atoms with Gasteiger partial charge in [-0.1, -0.05) is 6.55 Å². The molecule has 0 nitrogen and oxygen atoms in total. The van der Waals surface area contributed by atoms with Gasteiger partial charge in [0.05, 0.1) is 0 Å². The smallest absolute Gasteiger partial charge is 0.147 e. The van der Waals surface area contributed by atoms with Crippen molar-refractivity contribution in [3.05, 3.63) is 0 Å². The van der Waals surface area contributed by atoms with Crippen LogP contribution in [0, 0.1) is 0 Å². The molecule has 0 aliphatic carbocycles. The van der Waals surface area contributed by atoms with Gasteiger partial charge in [-0.2, -0.15) is 0 Å². The van der Waals surface area contributed by atoms with Crippen molar-refractivity contribution >= 4 is 86.7 Å². The third-order valence-electron chi connectivity index (χ3n) is 0. The van der Waals surface area contributed by atoms with Crippen molar-refractivity contribution in [2.75, 3.05) is 0 Å². The van der Waals surface area contributed by atoms with Crippen LogP contribution in [0.15, 0.2) is 0 Å². The fourth-order valence-corrected chi connectivity index (χ4v) is 0. The van der Waals surface area contributed by atoms with E-state index in [1.807, 2.05) is 0 Å². The lowest BCUT2D eigenvalue weighted by atomic mass is 11.9. The number of halogens is 6. The van der Waals surface area contributed by atoms with Gasteiger partial charge in [0.2, 0.25) is 0 Å². The van der Waals surface area contributed by atoms with Gasteiger partial charge < -0.3 is 0 Å². The second kappa shape index (κ2) is 17.3. The van der Waals surface area contributed by atoms with Gasteiger partial charge in [0.25, 0.3) is 0 Å². The molecule has 0 spiro atoms. The zero-order chi connectivity index (χ0) is 6.50. The molecule has 0 bridgehead atoms. The molecule has 0 amide bonds. The first-order chi connectivity index (χ1) is 3.00. The van der Waals surface area contributed by atoms with Crippen LogP contribution in [0.4, 0.5) is 0 Å². The molecule has 0 N–H and O–H groups in total. The lowest BCUT2D eigenvalue weighted by Crippen LogP contribution is -1.97. The summed E-state index contributed by atoms with van der Waals surface area (Å²) in [4.78, 5) is 0. The summed E-state index contributed by atoms with van der Waals surface area (Å²) in [6, 6.07) is -2.19. The highest BCUT2D eigenvalue weighted by Gasteiger charge is 2.13. The van der Waals surface area contributed by atoms with Gasteiger partial charge in [-0.05, 0) is 16.8 Å². The Kier molecular flexibility index (Phi) is 51.1. The monoisotopic (exact) mass is 304 g/mol. The second-order valence-corrected chi connectivity index (χ2v) is 10.9. The van der Waals surface area contributed by atoms with E-state index in [0.29, 0.717) is 0 Å². The minimum Gasteiger partial charge on any atom is -0.147 e. The summed E-state index contributed by atoms with van der Waals surface area (Å²) >= 11 is 15.6. The summed E-state index contributed by atoms with van der Waals surface area (Å²) in [6.45, 7) is 3.76. The maximum atomic E-state index is 5.20. The van der Waals surface area contributed by atoms with Gasteiger partial charge in [-0.3, -0.25) is 0 Å². The molecule has 0 saturated carbocycles. The maximum absolute atomic E-state index is 5.20. The molecule has 0 fully saturated rings. The SMILES string of the molecule is C[SiH3].C[Si](Cl)(Cl)Cl.Cl.Cl.Cl.[HH]. The number of rotatable bonds is 0. The molecule has 0 unspecified atom stereocenters. The molecular formula is C2H14Cl6Si2. The van der Waals surface area contributed by atoms with Crippen LogP contribution in [0.2, 0.25) is 13.1 Å². The van der Waals surface area contributed by atoms with E-state index in [1.165, 1.54) is 10.2 Å². The summed E-state index contributed by atoms with van der Waals surface area (Å²) in [5, 5.41) is 0. The first-order valence-electron chi connectivity index (χ1n) is 2.07. The predicted octanol–water partition coefficient (Wildman–Crippen LogP) is 3.18. The van der Waals surface area contributed by atoms with E-state index in [4.69, 9.17) is 33.2 Å². The fraction of sp³-hybridized carbons (Fsp3) is 1.00. The number of hydrogen-bond donors (Lipinski definition) is 0. The molecule has 10 heavy (non-hydrogen) atoms. The summed E-state index contributed by atoms with van der Waals surface area (Å²) in [5.74, 6) is 0. The van der Waals surface area contributed by atoms with Crippen LogP contribution in [0.25, 0.3) is 0 Å². The van der Waals surface area contributed by atoms with E-state index in [1.54, 1.807) is 6.55 Å². The highest BCUT2D eigenvalue weighted by Crippen LogP contribution is 2.17. The van der Waals surface area contributed by atoms with Crippen LogP contribution < -0.4 is 0 Å². The summed E-state index contributed by atoms with van der Waals surface area (Å²) in [5.41, 5.74) is 0. The first-order valence-corrected chi connectivity index (χ1v) is 9.60. The molecule has 8 heteroatoms. The molecule has 0 saturated heterocycles. The Morgan fingerprint density at radius 1 is 1.00 bits per heavy atom. The highest BCUT2D eigenvalue weighted by molar-refractivity contribution is 7.64. The zero-order valence-corrected chi connectivity index (χ0v) is 13.6. The topological polar surface area (TPSA) is 0 Å². The molecule has 0 aromatic rings. The average Bonchev–Trinajstić information content (AvgIpc) is 1.36. The van der Waals surface area contributed by atoms with Crippen molar-refractivity contribution in [2.24, 2.45) is 0 Å². The fourth-order valence-electron chi connectivity index (χ4n) is 0. The highest BCUT2D eigenvalue weighted by atomic mass is 35.8. The van der Waals surface area contributed by atoms with E-state index in [-0.39, 0.29) is 38.6 Å². The van der Waals surface area contributed by atoms with Crippen molar-refractivity contribution in [1.82, 2.24) is 0 Å². The normalized spacial score (nSPS) is 6.90. The quantitative estimate of drug-likeness (QED) is 0.476. The molecule has 0 heterocycles. The molecule has 0 rings (SSSR count). The third-order valence-corrected chi connectivity index (χ3v) is 0. The molecule has 0 radical (unpaired) electrons. The summed E-state index contributed by atoms with van der Waals surface area (Å²) in [7, 11) is 1.31. The Bertz CT molecular complexity index is 34.1. The Labute approximate surface area is 101 Å². The molecule has 0 aromatic heterocycles. The minimum atomic E-state index is -2.19. The molecule has 0 aromatic carbocycles. The summed E-state index contributed by atoms with van der Waals surface area (Å²) < 4.78 is 0. The van der Waals surface area contributed by atoms with Gasteiger partial charge in [-0.15, -0.1) is 70.5 Å². The van der Waals surface area contributed by atoms with Crippen LogP contribution in [-0.2, 0) is 0 Å². The van der Waals surface area contributed by atoms with Crippen molar-refractivity contribution < 1.29 is 1.43 Å². The van der Waals surface area contributed by atoms with E-state index in [0.717, 1.165) is 0 Å². The van der Waals surface area contributed by atoms with E-state index in [2.05, 4.69) is 6.55 Å².